The molecule has 0 saturated carbocycles. The van der Waals surface area contributed by atoms with Gasteiger partial charge in [-0.2, -0.15) is 0 Å². The molecule has 1 N–H and O–H groups in total. The van der Waals surface area contributed by atoms with Crippen LogP contribution >= 0.6 is 0 Å². The molecular formula is C15H25N5. The highest BCUT2D eigenvalue weighted by Gasteiger charge is 2.29. The molecule has 0 bridgehead atoms. The highest BCUT2D eigenvalue weighted by Crippen LogP contribution is 2.23. The number of anilines is 1. The fourth-order valence-corrected chi connectivity index (χ4v) is 3.38. The third-order valence-electron chi connectivity index (χ3n) is 4.52. The van der Waals surface area contributed by atoms with Gasteiger partial charge in [-0.15, -0.1) is 0 Å². The van der Waals surface area contributed by atoms with E-state index in [-0.39, 0.29) is 0 Å². The van der Waals surface area contributed by atoms with Gasteiger partial charge in [0.05, 0.1) is 0 Å². The van der Waals surface area contributed by atoms with Crippen LogP contribution in [0, 0.1) is 6.92 Å². The Balaban J connectivity index is 1.76. The van der Waals surface area contributed by atoms with Crippen molar-refractivity contribution >= 4 is 5.95 Å². The van der Waals surface area contributed by atoms with Crippen molar-refractivity contribution < 1.29 is 0 Å². The number of nitrogens with one attached hydrogen (secondary N) is 1. The van der Waals surface area contributed by atoms with Gasteiger partial charge in [-0.05, 0) is 39.8 Å². The van der Waals surface area contributed by atoms with Gasteiger partial charge in [-0.1, -0.05) is 0 Å². The Hall–Kier alpha value is -1.20. The molecule has 0 amide bonds. The van der Waals surface area contributed by atoms with E-state index < -0.39 is 0 Å². The average Bonchev–Trinajstić information content (AvgIpc) is 2.78. The second-order valence-electron chi connectivity index (χ2n) is 5.94. The molecule has 1 aromatic rings. The average molecular weight is 275 g/mol. The van der Waals surface area contributed by atoms with Gasteiger partial charge in [0.15, 0.2) is 0 Å². The summed E-state index contributed by atoms with van der Waals surface area (Å²) in [5.74, 6) is 0.913. The third-order valence-corrected chi connectivity index (χ3v) is 4.52. The van der Waals surface area contributed by atoms with Gasteiger partial charge in [0.2, 0.25) is 5.95 Å². The first kappa shape index (κ1) is 13.8. The number of hydrogen-bond donors (Lipinski definition) is 1. The van der Waals surface area contributed by atoms with E-state index in [1.54, 1.807) is 0 Å². The molecule has 2 saturated heterocycles. The van der Waals surface area contributed by atoms with Crippen molar-refractivity contribution in [3.8, 4) is 0 Å². The summed E-state index contributed by atoms with van der Waals surface area (Å²) in [6.07, 6.45) is 5.87. The number of aromatic nitrogens is 2. The Bertz CT molecular complexity index is 462. The van der Waals surface area contributed by atoms with Gasteiger partial charge >= 0.3 is 0 Å². The number of aryl methyl sites for hydroxylation is 1. The fourth-order valence-electron chi connectivity index (χ4n) is 3.38. The second kappa shape index (κ2) is 6.06. The van der Waals surface area contributed by atoms with E-state index in [4.69, 9.17) is 4.98 Å². The molecule has 0 spiro atoms. The summed E-state index contributed by atoms with van der Waals surface area (Å²) in [6.45, 7) is 7.60. The lowest BCUT2D eigenvalue weighted by Crippen LogP contribution is -2.37. The Morgan fingerprint density at radius 2 is 2.15 bits per heavy atom. The second-order valence-corrected chi connectivity index (χ2v) is 5.94. The van der Waals surface area contributed by atoms with Crippen LogP contribution in [0.5, 0.6) is 0 Å². The predicted octanol–water partition coefficient (Wildman–Crippen LogP) is 1.18. The minimum Gasteiger partial charge on any atom is -0.339 e. The summed E-state index contributed by atoms with van der Waals surface area (Å²) in [4.78, 5) is 14.3. The molecule has 3 rings (SSSR count). The summed E-state index contributed by atoms with van der Waals surface area (Å²) < 4.78 is 0. The molecule has 0 aromatic carbocycles. The quantitative estimate of drug-likeness (QED) is 0.897. The molecule has 2 aliphatic heterocycles. The van der Waals surface area contributed by atoms with Gasteiger partial charge in [0.1, 0.15) is 0 Å². The zero-order valence-electron chi connectivity index (χ0n) is 12.6. The molecule has 3 heterocycles. The van der Waals surface area contributed by atoms with Crippen LogP contribution < -0.4 is 10.2 Å². The monoisotopic (exact) mass is 275 g/mol. The lowest BCUT2D eigenvalue weighted by Gasteiger charge is -2.26. The first-order valence-corrected chi connectivity index (χ1v) is 7.74. The standard InChI is InChI=1S/C15H25N5/c1-12-13(9-16-2)10-17-15(18-12)20-8-4-7-19-6-3-5-14(19)11-20/h10,14,16H,3-9,11H2,1-2H3. The maximum absolute atomic E-state index is 4.73. The lowest BCUT2D eigenvalue weighted by atomic mass is 10.2. The van der Waals surface area contributed by atoms with Crippen LogP contribution in [-0.4, -0.2) is 54.1 Å². The minimum atomic E-state index is 0.707. The third kappa shape index (κ3) is 2.79. The molecule has 2 aliphatic rings. The van der Waals surface area contributed by atoms with Crippen LogP contribution in [0.1, 0.15) is 30.5 Å². The number of fused-ring (bicyclic) bond motifs is 1. The summed E-state index contributed by atoms with van der Waals surface area (Å²) >= 11 is 0. The molecule has 110 valence electrons. The molecule has 1 aromatic heterocycles. The molecule has 5 nitrogen and oxygen atoms in total. The van der Waals surface area contributed by atoms with Gasteiger partial charge in [0, 0.05) is 49.7 Å². The summed E-state index contributed by atoms with van der Waals surface area (Å²) in [5.41, 5.74) is 2.28. The maximum Gasteiger partial charge on any atom is 0.225 e. The van der Waals surface area contributed by atoms with E-state index in [1.807, 2.05) is 13.2 Å². The van der Waals surface area contributed by atoms with Gasteiger partial charge < -0.3 is 10.2 Å². The number of hydrogen-bond acceptors (Lipinski definition) is 5. The van der Waals surface area contributed by atoms with E-state index in [0.717, 1.165) is 31.3 Å². The summed E-state index contributed by atoms with van der Waals surface area (Å²) in [5, 5.41) is 3.16. The SMILES string of the molecule is CNCc1cnc(N2CCCN3CCCC3C2)nc1C. The Morgan fingerprint density at radius 1 is 1.30 bits per heavy atom. The molecule has 1 atom stereocenters. The van der Waals surface area contributed by atoms with Crippen LogP contribution in [0.2, 0.25) is 0 Å². The van der Waals surface area contributed by atoms with E-state index >= 15 is 0 Å². The van der Waals surface area contributed by atoms with Crippen LogP contribution in [-0.2, 0) is 6.54 Å². The lowest BCUT2D eigenvalue weighted by molar-refractivity contribution is 0.273. The summed E-state index contributed by atoms with van der Waals surface area (Å²) in [6, 6.07) is 0.707. The van der Waals surface area contributed by atoms with Crippen LogP contribution in [0.25, 0.3) is 0 Å². The highest BCUT2D eigenvalue weighted by molar-refractivity contribution is 5.33. The van der Waals surface area contributed by atoms with Crippen LogP contribution in [0.3, 0.4) is 0 Å². The Labute approximate surface area is 121 Å². The predicted molar refractivity (Wildman–Crippen MR) is 81.0 cm³/mol. The Kier molecular flexibility index (Phi) is 4.17. The van der Waals surface area contributed by atoms with Gasteiger partial charge in [-0.25, -0.2) is 9.97 Å². The Morgan fingerprint density at radius 3 is 2.95 bits per heavy atom. The first-order valence-electron chi connectivity index (χ1n) is 7.74. The first-order chi connectivity index (χ1) is 9.78. The van der Waals surface area contributed by atoms with Crippen molar-refractivity contribution in [1.29, 1.82) is 0 Å². The van der Waals surface area contributed by atoms with E-state index in [2.05, 4.69) is 27.0 Å². The van der Waals surface area contributed by atoms with Crippen LogP contribution in [0.4, 0.5) is 5.95 Å². The number of nitrogens with zero attached hydrogens (tertiary/aromatic N) is 4. The highest BCUT2D eigenvalue weighted by atomic mass is 15.3. The van der Waals surface area contributed by atoms with Crippen molar-refractivity contribution in [1.82, 2.24) is 20.2 Å². The zero-order valence-corrected chi connectivity index (χ0v) is 12.6. The van der Waals surface area contributed by atoms with E-state index in [0.29, 0.717) is 6.04 Å². The zero-order chi connectivity index (χ0) is 13.9. The fraction of sp³-hybridized carbons (Fsp3) is 0.733. The van der Waals surface area contributed by atoms with Gasteiger partial charge in [-0.3, -0.25) is 4.90 Å². The smallest absolute Gasteiger partial charge is 0.225 e. The van der Waals surface area contributed by atoms with E-state index in [1.165, 1.54) is 37.9 Å². The molecular weight excluding hydrogens is 250 g/mol. The minimum absolute atomic E-state index is 0.707. The summed E-state index contributed by atoms with van der Waals surface area (Å²) in [7, 11) is 1.96. The molecule has 0 radical (unpaired) electrons. The largest absolute Gasteiger partial charge is 0.339 e. The molecule has 20 heavy (non-hydrogen) atoms. The van der Waals surface area contributed by atoms with Crippen LogP contribution in [0.15, 0.2) is 6.20 Å². The molecule has 0 aliphatic carbocycles. The van der Waals surface area contributed by atoms with Gasteiger partial charge in [0.25, 0.3) is 0 Å². The molecule has 5 heteroatoms. The normalized spacial score (nSPS) is 23.7. The van der Waals surface area contributed by atoms with E-state index in [9.17, 15) is 0 Å². The molecule has 1 unspecified atom stereocenters. The topological polar surface area (TPSA) is 44.3 Å². The number of rotatable bonds is 3. The van der Waals surface area contributed by atoms with Crippen molar-refractivity contribution in [2.45, 2.75) is 38.8 Å². The van der Waals surface area contributed by atoms with Crippen molar-refractivity contribution in [3.05, 3.63) is 17.5 Å². The molecule has 2 fully saturated rings. The maximum atomic E-state index is 4.73. The van der Waals surface area contributed by atoms with Crippen molar-refractivity contribution in [3.63, 3.8) is 0 Å². The van der Waals surface area contributed by atoms with Crippen molar-refractivity contribution in [2.24, 2.45) is 0 Å². The van der Waals surface area contributed by atoms with Crippen molar-refractivity contribution in [2.75, 3.05) is 38.1 Å².